The van der Waals surface area contributed by atoms with E-state index in [0.29, 0.717) is 10.8 Å². The van der Waals surface area contributed by atoms with Crippen LogP contribution < -0.4 is 0 Å². The summed E-state index contributed by atoms with van der Waals surface area (Å²) in [5.74, 6) is 2.52. The topological polar surface area (TPSA) is 29.5 Å². The van der Waals surface area contributed by atoms with E-state index in [0.717, 1.165) is 37.4 Å². The number of hydrogen-bond acceptors (Lipinski definition) is 4. The molecule has 4 rings (SSSR count). The van der Waals surface area contributed by atoms with Gasteiger partial charge in [-0.05, 0) is 38.1 Å². The van der Waals surface area contributed by atoms with Crippen molar-refractivity contribution in [2.24, 2.45) is 11.8 Å². The molecule has 0 spiro atoms. The summed E-state index contributed by atoms with van der Waals surface area (Å²) in [4.78, 5) is 15.5. The molecule has 0 bridgehead atoms. The van der Waals surface area contributed by atoms with Gasteiger partial charge in [0.1, 0.15) is 19.1 Å². The van der Waals surface area contributed by atoms with E-state index in [2.05, 4.69) is 49.4 Å². The van der Waals surface area contributed by atoms with Gasteiger partial charge in [0.25, 0.3) is 0 Å². The second-order valence-electron chi connectivity index (χ2n) is 9.23. The van der Waals surface area contributed by atoms with Crippen LogP contribution in [-0.4, -0.2) is 72.5 Å². The lowest BCUT2D eigenvalue weighted by Crippen LogP contribution is -2.45. The van der Waals surface area contributed by atoms with Crippen LogP contribution >= 0.6 is 35.1 Å². The molecule has 1 aromatic rings. The van der Waals surface area contributed by atoms with E-state index < -0.39 is 21.1 Å². The van der Waals surface area contributed by atoms with Crippen LogP contribution in [0.25, 0.3) is 0 Å². The number of Topliss-reactive ketones (excluding diaryl/α,β-unsaturated/α-hetero) is 1. The first-order chi connectivity index (χ1) is 15.8. The second kappa shape index (κ2) is 10.4. The number of benzene rings is 1. The minimum Gasteiger partial charge on any atom is -0.404 e. The largest absolute Gasteiger partial charge is 0.432 e. The number of thioether (sulfide) groups is 1. The number of rotatable bonds is 9. The molecule has 33 heavy (non-hydrogen) atoms. The molecule has 0 aromatic heterocycles. The molecule has 3 nitrogen and oxygen atoms in total. The fourth-order valence-electron chi connectivity index (χ4n) is 4.75. The maximum atomic E-state index is 14.8. The van der Waals surface area contributed by atoms with Crippen molar-refractivity contribution in [3.05, 3.63) is 46.8 Å². The summed E-state index contributed by atoms with van der Waals surface area (Å²) in [5.41, 5.74) is 0.525. The van der Waals surface area contributed by atoms with Crippen LogP contribution in [0.5, 0.6) is 0 Å². The molecule has 5 atom stereocenters. The molecule has 1 aliphatic carbocycles. The summed E-state index contributed by atoms with van der Waals surface area (Å²) >= 11 is 1.82. The van der Waals surface area contributed by atoms with E-state index in [1.54, 1.807) is 12.1 Å². The van der Waals surface area contributed by atoms with E-state index in [9.17, 15) is 9.18 Å². The maximum Gasteiger partial charge on any atom is 0.432 e. The molecule has 0 radical (unpaired) electrons. The van der Waals surface area contributed by atoms with E-state index in [1.807, 2.05) is 17.8 Å². The molecule has 1 saturated heterocycles. The molecule has 5 unspecified atom stereocenters. The van der Waals surface area contributed by atoms with Gasteiger partial charge in [-0.3, -0.25) is 9.69 Å². The predicted octanol–water partition coefficient (Wildman–Crippen LogP) is 6.26. The Kier molecular flexibility index (Phi) is 7.99. The average Bonchev–Trinajstić information content (AvgIpc) is 3.54. The van der Waals surface area contributed by atoms with Gasteiger partial charge in [0.15, 0.2) is 26.0 Å². The fourth-order valence-corrected chi connectivity index (χ4v) is 11.7. The Morgan fingerprint density at radius 3 is 2.61 bits per heavy atom. The van der Waals surface area contributed by atoms with Gasteiger partial charge >= 0.3 is 5.08 Å². The first-order valence-electron chi connectivity index (χ1n) is 11.4. The van der Waals surface area contributed by atoms with Crippen LogP contribution in [0, 0.1) is 17.7 Å². The molecule has 1 aromatic carbocycles. The molecular formula is C25H33FNO2P3S+2. The zero-order valence-corrected chi connectivity index (χ0v) is 23.1. The van der Waals surface area contributed by atoms with Crippen LogP contribution in [0.15, 0.2) is 35.4 Å². The predicted molar refractivity (Wildman–Crippen MR) is 149 cm³/mol. The monoisotopic (exact) mass is 523 g/mol. The number of hydrogen-bond donors (Lipinski definition) is 0. The molecular weight excluding hydrogens is 490 g/mol. The molecule has 0 N–H and O–H groups in total. The van der Waals surface area contributed by atoms with Gasteiger partial charge in [-0.15, -0.1) is 0 Å². The number of likely N-dealkylation sites (tertiary alicyclic amines) is 1. The van der Waals surface area contributed by atoms with Crippen LogP contribution in [0.4, 0.5) is 4.39 Å². The Balaban J connectivity index is 1.57. The highest BCUT2D eigenvalue weighted by Crippen LogP contribution is 2.56. The first-order valence-corrected chi connectivity index (χ1v) is 17.6. The Labute approximate surface area is 205 Å². The van der Waals surface area contributed by atoms with Crippen molar-refractivity contribution in [1.29, 1.82) is 0 Å². The number of carbonyl (C=O) groups excluding carboxylic acids is 1. The van der Waals surface area contributed by atoms with Crippen molar-refractivity contribution in [3.8, 4) is 0 Å². The SMILES string of the molecule is C=[P+](C)C(C=PC)(OC1=CC2CN(C(C(=O)C3CC3)c3ccccc3F)CCC2S1)[P+](=C)C. The van der Waals surface area contributed by atoms with Gasteiger partial charge in [-0.1, -0.05) is 38.2 Å². The van der Waals surface area contributed by atoms with Gasteiger partial charge in [0.05, 0.1) is 24.4 Å². The Morgan fingerprint density at radius 2 is 2.00 bits per heavy atom. The van der Waals surface area contributed by atoms with Crippen molar-refractivity contribution in [2.45, 2.75) is 35.6 Å². The lowest BCUT2D eigenvalue weighted by atomic mass is 9.91. The lowest BCUT2D eigenvalue weighted by Gasteiger charge is -2.38. The van der Waals surface area contributed by atoms with E-state index in [4.69, 9.17) is 4.74 Å². The number of fused-ring (bicyclic) bond motifs is 1. The molecule has 0 amide bonds. The number of carbonyl (C=O) groups is 1. The van der Waals surface area contributed by atoms with E-state index >= 15 is 0 Å². The lowest BCUT2D eigenvalue weighted by molar-refractivity contribution is -0.126. The van der Waals surface area contributed by atoms with E-state index in [1.165, 1.54) is 14.3 Å². The fraction of sp³-hybridized carbons (Fsp3) is 0.520. The van der Waals surface area contributed by atoms with Crippen LogP contribution in [0.3, 0.4) is 0 Å². The smallest absolute Gasteiger partial charge is 0.404 e. The van der Waals surface area contributed by atoms with Crippen LogP contribution in [-0.2, 0) is 9.53 Å². The highest BCUT2D eigenvalue weighted by Gasteiger charge is 2.53. The van der Waals surface area contributed by atoms with Gasteiger partial charge in [-0.25, -0.2) is 4.39 Å². The summed E-state index contributed by atoms with van der Waals surface area (Å²) in [7, 11) is -0.0491. The highest BCUT2D eigenvalue weighted by atomic mass is 32.2. The zero-order chi connectivity index (χ0) is 23.8. The zero-order valence-electron chi connectivity index (χ0n) is 19.6. The van der Waals surface area contributed by atoms with Gasteiger partial charge in [-0.2, -0.15) is 0 Å². The quantitative estimate of drug-likeness (QED) is 0.358. The summed E-state index contributed by atoms with van der Waals surface area (Å²) < 4.78 is 21.4. The molecule has 176 valence electrons. The van der Waals surface area contributed by atoms with Gasteiger partial charge in [0.2, 0.25) is 0 Å². The highest BCUT2D eigenvalue weighted by molar-refractivity contribution is 8.03. The van der Waals surface area contributed by atoms with Gasteiger partial charge in [0, 0.05) is 35.7 Å². The molecule has 2 heterocycles. The minimum atomic E-state index is -0.613. The Bertz CT molecular complexity index is 1010. The maximum absolute atomic E-state index is 14.8. The van der Waals surface area contributed by atoms with Crippen molar-refractivity contribution in [2.75, 3.05) is 33.1 Å². The Morgan fingerprint density at radius 1 is 1.30 bits per heavy atom. The number of ketones is 1. The molecule has 3 aliphatic rings. The van der Waals surface area contributed by atoms with Gasteiger partial charge < -0.3 is 4.74 Å². The normalized spacial score (nSPS) is 26.8. The number of ether oxygens (including phenoxy) is 1. The molecule has 8 heteroatoms. The number of piperidine rings is 1. The van der Waals surface area contributed by atoms with Crippen LogP contribution in [0.2, 0.25) is 0 Å². The summed E-state index contributed by atoms with van der Waals surface area (Å²) in [5, 5.41) is 1.02. The average molecular weight is 524 g/mol. The summed E-state index contributed by atoms with van der Waals surface area (Å²) in [6.45, 7) is 7.99. The Hall–Kier alpha value is -0.820. The van der Waals surface area contributed by atoms with Crippen molar-refractivity contribution in [1.82, 2.24) is 4.90 Å². The minimum absolute atomic E-state index is 0.0887. The molecule has 2 aliphatic heterocycles. The molecule has 1 saturated carbocycles. The van der Waals surface area contributed by atoms with E-state index in [-0.39, 0.29) is 28.5 Å². The molecule has 2 fully saturated rings. The van der Waals surface area contributed by atoms with Crippen molar-refractivity contribution in [3.63, 3.8) is 0 Å². The number of halogens is 1. The first kappa shape index (κ1) is 25.3. The third-order valence-electron chi connectivity index (χ3n) is 6.70. The third-order valence-corrected chi connectivity index (χ3v) is 13.7. The third kappa shape index (κ3) is 5.24. The number of nitrogens with zero attached hydrogens (tertiary/aromatic N) is 1. The summed E-state index contributed by atoms with van der Waals surface area (Å²) in [6, 6.07) is 6.30. The van der Waals surface area contributed by atoms with Crippen molar-refractivity contribution < 1.29 is 13.9 Å². The standard InChI is InChI=1S/C25H33FNO2P3S/c1-30-16-25(31(2)3,32(4)5)29-22-14-18-15-27(13-12-21(18)33-22)23(24(28)17-10-11-17)19-8-6-7-9-20(19)26/h6-9,14,16-18,21,23H,2,4,10-13,15H2,1,3,5H3/q+2. The van der Waals surface area contributed by atoms with Crippen molar-refractivity contribution >= 4 is 59.2 Å². The second-order valence-corrected chi connectivity index (χ2v) is 15.7. The summed E-state index contributed by atoms with van der Waals surface area (Å²) in [6.07, 6.45) is 13.8. The van der Waals surface area contributed by atoms with Crippen LogP contribution in [0.1, 0.15) is 30.9 Å².